The molecule has 1 atom stereocenters. The van der Waals surface area contributed by atoms with Gasteiger partial charge >= 0.3 is 0 Å². The van der Waals surface area contributed by atoms with Crippen molar-refractivity contribution in [1.29, 1.82) is 0 Å². The SMILES string of the molecule is COc1cc(C(=O)N2CCC(NC(=O)[C@@H](Cc3cccc(F)c3)NC(C)=O)CC2)cc(OC)c1OC. The second-order valence-corrected chi connectivity index (χ2v) is 8.58. The van der Waals surface area contributed by atoms with Gasteiger partial charge in [0.2, 0.25) is 17.6 Å². The number of amides is 3. The van der Waals surface area contributed by atoms with E-state index in [1.54, 1.807) is 29.2 Å². The van der Waals surface area contributed by atoms with Crippen LogP contribution in [-0.2, 0) is 16.0 Å². The smallest absolute Gasteiger partial charge is 0.254 e. The van der Waals surface area contributed by atoms with Crippen molar-refractivity contribution in [3.8, 4) is 17.2 Å². The van der Waals surface area contributed by atoms with E-state index in [9.17, 15) is 18.8 Å². The first kappa shape index (κ1) is 26.8. The molecule has 3 amide bonds. The maximum Gasteiger partial charge on any atom is 0.254 e. The van der Waals surface area contributed by atoms with E-state index in [-0.39, 0.29) is 30.2 Å². The second-order valence-electron chi connectivity index (χ2n) is 8.58. The Morgan fingerprint density at radius 1 is 1.03 bits per heavy atom. The number of hydrogen-bond acceptors (Lipinski definition) is 6. The van der Waals surface area contributed by atoms with Crippen LogP contribution in [-0.4, -0.2) is 69.1 Å². The van der Waals surface area contributed by atoms with Crippen molar-refractivity contribution >= 4 is 17.7 Å². The lowest BCUT2D eigenvalue weighted by Gasteiger charge is -2.33. The number of nitrogens with one attached hydrogen (secondary N) is 2. The van der Waals surface area contributed by atoms with E-state index >= 15 is 0 Å². The van der Waals surface area contributed by atoms with Gasteiger partial charge in [0.15, 0.2) is 11.5 Å². The van der Waals surface area contributed by atoms with Crippen LogP contribution >= 0.6 is 0 Å². The Morgan fingerprint density at radius 3 is 2.19 bits per heavy atom. The topological polar surface area (TPSA) is 106 Å². The summed E-state index contributed by atoms with van der Waals surface area (Å²) in [5, 5.41) is 5.61. The largest absolute Gasteiger partial charge is 0.493 e. The standard InChI is InChI=1S/C26H32FN3O6/c1-16(31)28-21(13-17-6-5-7-19(27)12-17)25(32)29-20-8-10-30(11-9-20)26(33)18-14-22(34-2)24(36-4)23(15-18)35-3/h5-7,12,14-15,20-21H,8-11,13H2,1-4H3,(H,28,31)(H,29,32)/t21-/m1/s1. The van der Waals surface area contributed by atoms with Crippen molar-refractivity contribution in [1.82, 2.24) is 15.5 Å². The maximum atomic E-state index is 13.6. The molecule has 9 nitrogen and oxygen atoms in total. The van der Waals surface area contributed by atoms with Gasteiger partial charge in [-0.2, -0.15) is 0 Å². The highest BCUT2D eigenvalue weighted by molar-refractivity contribution is 5.95. The predicted octanol–water partition coefficient (Wildman–Crippen LogP) is 2.32. The van der Waals surface area contributed by atoms with Gasteiger partial charge in [-0.25, -0.2) is 4.39 Å². The molecule has 36 heavy (non-hydrogen) atoms. The Balaban J connectivity index is 1.62. The van der Waals surface area contributed by atoms with Crippen molar-refractivity contribution < 1.29 is 33.0 Å². The highest BCUT2D eigenvalue weighted by atomic mass is 19.1. The summed E-state index contributed by atoms with van der Waals surface area (Å²) in [6.45, 7) is 2.21. The molecule has 1 fully saturated rings. The Hall–Kier alpha value is -3.82. The van der Waals surface area contributed by atoms with Gasteiger partial charge in [-0.15, -0.1) is 0 Å². The zero-order valence-electron chi connectivity index (χ0n) is 20.9. The van der Waals surface area contributed by atoms with Crippen molar-refractivity contribution in [2.45, 2.75) is 38.3 Å². The van der Waals surface area contributed by atoms with Crippen LogP contribution in [0.1, 0.15) is 35.7 Å². The molecule has 3 rings (SSSR count). The lowest BCUT2D eigenvalue weighted by molar-refractivity contribution is -0.128. The Labute approximate surface area is 209 Å². The molecule has 2 aromatic carbocycles. The first-order valence-electron chi connectivity index (χ1n) is 11.7. The van der Waals surface area contributed by atoms with E-state index in [4.69, 9.17) is 14.2 Å². The molecular weight excluding hydrogens is 469 g/mol. The number of nitrogens with zero attached hydrogens (tertiary/aromatic N) is 1. The molecule has 0 saturated carbocycles. The Bertz CT molecular complexity index is 1080. The van der Waals surface area contributed by atoms with Crippen LogP contribution in [0.2, 0.25) is 0 Å². The number of carbonyl (C=O) groups is 3. The number of benzene rings is 2. The minimum absolute atomic E-state index is 0.162. The van der Waals surface area contributed by atoms with E-state index in [1.807, 2.05) is 0 Å². The third-order valence-electron chi connectivity index (χ3n) is 6.06. The third-order valence-corrected chi connectivity index (χ3v) is 6.06. The van der Waals surface area contributed by atoms with Crippen LogP contribution in [0.25, 0.3) is 0 Å². The van der Waals surface area contributed by atoms with Gasteiger partial charge in [-0.05, 0) is 42.7 Å². The summed E-state index contributed by atoms with van der Waals surface area (Å²) >= 11 is 0. The van der Waals surface area contributed by atoms with Gasteiger partial charge in [0, 0.05) is 38.0 Å². The Morgan fingerprint density at radius 2 is 1.67 bits per heavy atom. The van der Waals surface area contributed by atoms with E-state index < -0.39 is 11.9 Å². The molecule has 194 valence electrons. The van der Waals surface area contributed by atoms with Gasteiger partial charge in [0.25, 0.3) is 5.91 Å². The van der Waals surface area contributed by atoms with Crippen molar-refractivity contribution in [3.63, 3.8) is 0 Å². The average molecular weight is 502 g/mol. The van der Waals surface area contributed by atoms with Gasteiger partial charge < -0.3 is 29.7 Å². The predicted molar refractivity (Wildman–Crippen MR) is 131 cm³/mol. The summed E-state index contributed by atoms with van der Waals surface area (Å²) < 4.78 is 29.6. The van der Waals surface area contributed by atoms with Crippen LogP contribution in [0.15, 0.2) is 36.4 Å². The van der Waals surface area contributed by atoms with Gasteiger partial charge in [-0.1, -0.05) is 12.1 Å². The highest BCUT2D eigenvalue weighted by Crippen LogP contribution is 2.38. The number of rotatable bonds is 9. The lowest BCUT2D eigenvalue weighted by Crippen LogP contribution is -2.53. The molecule has 10 heteroatoms. The van der Waals surface area contributed by atoms with Crippen LogP contribution in [0, 0.1) is 5.82 Å². The van der Waals surface area contributed by atoms with Crippen LogP contribution in [0.4, 0.5) is 4.39 Å². The first-order chi connectivity index (χ1) is 17.2. The fourth-order valence-corrected chi connectivity index (χ4v) is 4.27. The van der Waals surface area contributed by atoms with Crippen LogP contribution in [0.3, 0.4) is 0 Å². The summed E-state index contributed by atoms with van der Waals surface area (Å²) in [7, 11) is 4.47. The molecule has 2 N–H and O–H groups in total. The number of methoxy groups -OCH3 is 3. The monoisotopic (exact) mass is 501 g/mol. The lowest BCUT2D eigenvalue weighted by atomic mass is 10.0. The summed E-state index contributed by atoms with van der Waals surface area (Å²) in [5.41, 5.74) is 1.02. The van der Waals surface area contributed by atoms with E-state index in [2.05, 4.69) is 10.6 Å². The molecule has 1 aliphatic heterocycles. The second kappa shape index (κ2) is 12.2. The van der Waals surface area contributed by atoms with Crippen LogP contribution in [0.5, 0.6) is 17.2 Å². The summed E-state index contributed by atoms with van der Waals surface area (Å²) in [4.78, 5) is 39.4. The quantitative estimate of drug-likeness (QED) is 0.546. The highest BCUT2D eigenvalue weighted by Gasteiger charge is 2.28. The number of piperidine rings is 1. The first-order valence-corrected chi connectivity index (χ1v) is 11.7. The molecule has 2 aromatic rings. The van der Waals surface area contributed by atoms with Crippen molar-refractivity contribution in [3.05, 3.63) is 53.3 Å². The van der Waals surface area contributed by atoms with E-state index in [0.717, 1.165) is 0 Å². The molecule has 0 aromatic heterocycles. The molecule has 0 aliphatic carbocycles. The van der Waals surface area contributed by atoms with Gasteiger partial charge in [0.1, 0.15) is 11.9 Å². The minimum atomic E-state index is -0.830. The molecule has 1 heterocycles. The Kier molecular flexibility index (Phi) is 9.10. The van der Waals surface area contributed by atoms with E-state index in [0.29, 0.717) is 54.3 Å². The normalized spacial score (nSPS) is 14.5. The summed E-state index contributed by atoms with van der Waals surface area (Å²) in [6, 6.07) is 8.17. The number of likely N-dealkylation sites (tertiary alicyclic amines) is 1. The fourth-order valence-electron chi connectivity index (χ4n) is 4.27. The van der Waals surface area contributed by atoms with Crippen LogP contribution < -0.4 is 24.8 Å². The molecule has 0 spiro atoms. The molecule has 0 bridgehead atoms. The van der Waals surface area contributed by atoms with Crippen molar-refractivity contribution in [2.24, 2.45) is 0 Å². The van der Waals surface area contributed by atoms with Crippen molar-refractivity contribution in [2.75, 3.05) is 34.4 Å². The minimum Gasteiger partial charge on any atom is -0.493 e. The van der Waals surface area contributed by atoms with Gasteiger partial charge in [-0.3, -0.25) is 14.4 Å². The number of hydrogen-bond donors (Lipinski definition) is 2. The molecule has 0 radical (unpaired) electrons. The number of carbonyl (C=O) groups excluding carboxylic acids is 3. The maximum absolute atomic E-state index is 13.6. The molecule has 0 unspecified atom stereocenters. The summed E-state index contributed by atoms with van der Waals surface area (Å²) in [5.74, 6) is -0.0830. The number of ether oxygens (including phenoxy) is 3. The average Bonchev–Trinajstić information content (AvgIpc) is 2.87. The fraction of sp³-hybridized carbons (Fsp3) is 0.423. The van der Waals surface area contributed by atoms with Gasteiger partial charge in [0.05, 0.1) is 21.3 Å². The third kappa shape index (κ3) is 6.65. The van der Waals surface area contributed by atoms with E-state index in [1.165, 1.54) is 40.4 Å². The molecular formula is C26H32FN3O6. The molecule has 1 saturated heterocycles. The molecule has 1 aliphatic rings. The summed E-state index contributed by atoms with van der Waals surface area (Å²) in [6.07, 6.45) is 1.27. The zero-order chi connectivity index (χ0) is 26.2. The zero-order valence-corrected chi connectivity index (χ0v) is 20.9. The number of halogens is 1.